The van der Waals surface area contributed by atoms with E-state index in [4.69, 9.17) is 4.74 Å². The lowest BCUT2D eigenvalue weighted by atomic mass is 10.1. The number of aliphatic hydroxyl groups is 1. The Bertz CT molecular complexity index is 588. The van der Waals surface area contributed by atoms with Crippen molar-refractivity contribution in [2.75, 3.05) is 12.4 Å². The zero-order chi connectivity index (χ0) is 13.2. The first kappa shape index (κ1) is 11.9. The summed E-state index contributed by atoms with van der Waals surface area (Å²) in [4.78, 5) is 8.30. The van der Waals surface area contributed by atoms with Gasteiger partial charge in [-0.05, 0) is 11.1 Å². The largest absolute Gasteiger partial charge is 0.480 e. The second kappa shape index (κ2) is 4.85. The standard InChI is InChI=1S/C14H15N3O2/c1-19-13-8-15-7-12(16-13)17-14-10-5-3-2-4-9(10)6-11(14)18/h2-5,7-8,11,14,18H,6H2,1H3,(H,16,17)/t11-,14+/m0/s1. The SMILES string of the molecule is COc1cncc(N[C@@H]2c3ccccc3C[C@@H]2O)n1. The number of rotatable bonds is 3. The minimum Gasteiger partial charge on any atom is -0.480 e. The van der Waals surface area contributed by atoms with Gasteiger partial charge in [-0.3, -0.25) is 4.98 Å². The predicted octanol–water partition coefficient (Wildman–Crippen LogP) is 1.56. The minimum atomic E-state index is -0.453. The number of nitrogens with zero attached hydrogens (tertiary/aromatic N) is 2. The molecule has 98 valence electrons. The van der Waals surface area contributed by atoms with Gasteiger partial charge in [0.15, 0.2) is 0 Å². The molecular weight excluding hydrogens is 242 g/mol. The Morgan fingerprint density at radius 3 is 3.00 bits per heavy atom. The highest BCUT2D eigenvalue weighted by molar-refractivity contribution is 5.44. The van der Waals surface area contributed by atoms with Crippen LogP contribution in [0.3, 0.4) is 0 Å². The summed E-state index contributed by atoms with van der Waals surface area (Å²) in [5.74, 6) is 1.05. The molecule has 1 aromatic carbocycles. The van der Waals surface area contributed by atoms with E-state index in [1.54, 1.807) is 19.5 Å². The van der Waals surface area contributed by atoms with Gasteiger partial charge in [-0.2, -0.15) is 4.98 Å². The van der Waals surface area contributed by atoms with Crippen LogP contribution in [0.15, 0.2) is 36.7 Å². The van der Waals surface area contributed by atoms with Crippen molar-refractivity contribution in [3.63, 3.8) is 0 Å². The van der Waals surface area contributed by atoms with Gasteiger partial charge >= 0.3 is 0 Å². The molecule has 0 amide bonds. The molecule has 0 radical (unpaired) electrons. The van der Waals surface area contributed by atoms with Crippen LogP contribution in [-0.2, 0) is 6.42 Å². The van der Waals surface area contributed by atoms with Crippen LogP contribution in [0.25, 0.3) is 0 Å². The summed E-state index contributed by atoms with van der Waals surface area (Å²) < 4.78 is 5.04. The fourth-order valence-electron chi connectivity index (χ4n) is 2.42. The maximum Gasteiger partial charge on any atom is 0.233 e. The Labute approximate surface area is 111 Å². The van der Waals surface area contributed by atoms with Crippen LogP contribution >= 0.6 is 0 Å². The molecule has 0 fully saturated rings. The van der Waals surface area contributed by atoms with Crippen molar-refractivity contribution in [3.05, 3.63) is 47.8 Å². The average molecular weight is 257 g/mol. The van der Waals surface area contributed by atoms with E-state index in [9.17, 15) is 5.11 Å². The van der Waals surface area contributed by atoms with Crippen molar-refractivity contribution in [3.8, 4) is 5.88 Å². The van der Waals surface area contributed by atoms with E-state index < -0.39 is 6.10 Å². The Kier molecular flexibility index (Phi) is 3.05. The van der Waals surface area contributed by atoms with Gasteiger partial charge in [0.1, 0.15) is 5.82 Å². The molecule has 2 aromatic rings. The lowest BCUT2D eigenvalue weighted by Crippen LogP contribution is -2.21. The molecule has 0 bridgehead atoms. The molecule has 0 aliphatic heterocycles. The molecule has 1 heterocycles. The van der Waals surface area contributed by atoms with Crippen LogP contribution in [0.1, 0.15) is 17.2 Å². The number of hydrogen-bond donors (Lipinski definition) is 2. The molecule has 2 N–H and O–H groups in total. The third-order valence-electron chi connectivity index (χ3n) is 3.33. The van der Waals surface area contributed by atoms with E-state index in [-0.39, 0.29) is 6.04 Å². The first-order valence-electron chi connectivity index (χ1n) is 6.16. The summed E-state index contributed by atoms with van der Waals surface area (Å²) in [7, 11) is 1.55. The molecule has 0 spiro atoms. The van der Waals surface area contributed by atoms with Gasteiger partial charge in [0.05, 0.1) is 31.6 Å². The molecule has 0 unspecified atom stereocenters. The number of fused-ring (bicyclic) bond motifs is 1. The molecule has 3 rings (SSSR count). The summed E-state index contributed by atoms with van der Waals surface area (Å²) in [5.41, 5.74) is 2.28. The number of hydrogen-bond acceptors (Lipinski definition) is 5. The van der Waals surface area contributed by atoms with Crippen molar-refractivity contribution < 1.29 is 9.84 Å². The van der Waals surface area contributed by atoms with E-state index in [0.29, 0.717) is 18.1 Å². The Morgan fingerprint density at radius 2 is 2.16 bits per heavy atom. The van der Waals surface area contributed by atoms with Gasteiger partial charge in [0.25, 0.3) is 0 Å². The predicted molar refractivity (Wildman–Crippen MR) is 71.1 cm³/mol. The van der Waals surface area contributed by atoms with Crippen molar-refractivity contribution in [1.82, 2.24) is 9.97 Å². The summed E-state index contributed by atoms with van der Waals surface area (Å²) >= 11 is 0. The summed E-state index contributed by atoms with van der Waals surface area (Å²) in [5, 5.41) is 13.4. The number of methoxy groups -OCH3 is 1. The van der Waals surface area contributed by atoms with Crippen molar-refractivity contribution in [2.45, 2.75) is 18.6 Å². The number of aromatic nitrogens is 2. The maximum atomic E-state index is 10.2. The molecule has 0 saturated carbocycles. The lowest BCUT2D eigenvalue weighted by Gasteiger charge is -2.18. The number of anilines is 1. The molecular formula is C14H15N3O2. The van der Waals surface area contributed by atoms with E-state index in [2.05, 4.69) is 15.3 Å². The van der Waals surface area contributed by atoms with Crippen LogP contribution in [0.5, 0.6) is 5.88 Å². The molecule has 1 aliphatic rings. The second-order valence-corrected chi connectivity index (χ2v) is 4.54. The number of nitrogens with one attached hydrogen (secondary N) is 1. The van der Waals surface area contributed by atoms with Gasteiger partial charge < -0.3 is 15.2 Å². The highest BCUT2D eigenvalue weighted by Gasteiger charge is 2.30. The number of benzene rings is 1. The molecule has 5 heteroatoms. The van der Waals surface area contributed by atoms with E-state index in [0.717, 1.165) is 5.56 Å². The summed E-state index contributed by atoms with van der Waals surface area (Å²) in [6.07, 6.45) is 3.37. The molecule has 19 heavy (non-hydrogen) atoms. The van der Waals surface area contributed by atoms with Gasteiger partial charge in [-0.1, -0.05) is 24.3 Å². The molecule has 2 atom stereocenters. The molecule has 0 saturated heterocycles. The fraction of sp³-hybridized carbons (Fsp3) is 0.286. The highest BCUT2D eigenvalue weighted by atomic mass is 16.5. The normalized spacial score (nSPS) is 20.9. The summed E-state index contributed by atoms with van der Waals surface area (Å²) in [6.45, 7) is 0. The monoisotopic (exact) mass is 257 g/mol. The van der Waals surface area contributed by atoms with Crippen molar-refractivity contribution in [1.29, 1.82) is 0 Å². The first-order valence-corrected chi connectivity index (χ1v) is 6.16. The smallest absolute Gasteiger partial charge is 0.233 e. The third kappa shape index (κ3) is 2.24. The van der Waals surface area contributed by atoms with Crippen molar-refractivity contribution in [2.24, 2.45) is 0 Å². The quantitative estimate of drug-likeness (QED) is 0.873. The van der Waals surface area contributed by atoms with Crippen LogP contribution < -0.4 is 10.1 Å². The fourth-order valence-corrected chi connectivity index (χ4v) is 2.42. The van der Waals surface area contributed by atoms with E-state index in [1.165, 1.54) is 5.56 Å². The van der Waals surface area contributed by atoms with Crippen molar-refractivity contribution >= 4 is 5.82 Å². The molecule has 1 aliphatic carbocycles. The Hall–Kier alpha value is -2.14. The minimum absolute atomic E-state index is 0.155. The number of aliphatic hydroxyl groups excluding tert-OH is 1. The Balaban J connectivity index is 1.87. The Morgan fingerprint density at radius 1 is 1.32 bits per heavy atom. The van der Waals surface area contributed by atoms with Crippen LogP contribution in [-0.4, -0.2) is 28.3 Å². The molecule has 1 aromatic heterocycles. The van der Waals surface area contributed by atoms with Crippen LogP contribution in [0.2, 0.25) is 0 Å². The highest BCUT2D eigenvalue weighted by Crippen LogP contribution is 2.33. The molecule has 5 nitrogen and oxygen atoms in total. The van der Waals surface area contributed by atoms with Crippen LogP contribution in [0, 0.1) is 0 Å². The van der Waals surface area contributed by atoms with Gasteiger partial charge in [-0.25, -0.2) is 0 Å². The average Bonchev–Trinajstić information content (AvgIpc) is 2.76. The van der Waals surface area contributed by atoms with Gasteiger partial charge in [-0.15, -0.1) is 0 Å². The maximum absolute atomic E-state index is 10.2. The van der Waals surface area contributed by atoms with Crippen LogP contribution in [0.4, 0.5) is 5.82 Å². The zero-order valence-electron chi connectivity index (χ0n) is 10.6. The van der Waals surface area contributed by atoms with E-state index >= 15 is 0 Å². The number of ether oxygens (including phenoxy) is 1. The lowest BCUT2D eigenvalue weighted by molar-refractivity contribution is 0.165. The zero-order valence-corrected chi connectivity index (χ0v) is 10.6. The first-order chi connectivity index (χ1) is 9.28. The topological polar surface area (TPSA) is 67.3 Å². The third-order valence-corrected chi connectivity index (χ3v) is 3.33. The van der Waals surface area contributed by atoms with Gasteiger partial charge in [0.2, 0.25) is 5.88 Å². The second-order valence-electron chi connectivity index (χ2n) is 4.54. The van der Waals surface area contributed by atoms with E-state index in [1.807, 2.05) is 24.3 Å². The van der Waals surface area contributed by atoms with Gasteiger partial charge in [0, 0.05) is 6.42 Å². The summed E-state index contributed by atoms with van der Waals surface area (Å²) in [6, 6.07) is 7.87.